The molecule has 0 aliphatic carbocycles. The number of unbranched alkanes of at least 4 members (excludes halogenated alkanes) is 1. The van der Waals surface area contributed by atoms with Crippen LogP contribution in [0.15, 0.2) is 53.3 Å². The maximum atomic E-state index is 15.0. The van der Waals surface area contributed by atoms with Crippen molar-refractivity contribution in [3.8, 4) is 22.5 Å². The van der Waals surface area contributed by atoms with Gasteiger partial charge in [0.1, 0.15) is 0 Å². The zero-order chi connectivity index (χ0) is 22.5. The minimum absolute atomic E-state index is 0.276. The Morgan fingerprint density at radius 2 is 1.72 bits per heavy atom. The highest BCUT2D eigenvalue weighted by atomic mass is 19.1. The van der Waals surface area contributed by atoms with Crippen LogP contribution < -0.4 is 5.69 Å². The number of aromatic amines is 1. The molecule has 0 radical (unpaired) electrons. The van der Waals surface area contributed by atoms with E-state index in [4.69, 9.17) is 0 Å². The van der Waals surface area contributed by atoms with E-state index in [0.717, 1.165) is 35.1 Å². The lowest BCUT2D eigenvalue weighted by Gasteiger charge is -2.10. The highest BCUT2D eigenvalue weighted by Crippen LogP contribution is 2.29. The van der Waals surface area contributed by atoms with Gasteiger partial charge >= 0.3 is 5.69 Å². The number of benzene rings is 2. The number of imidazole rings is 1. The number of H-pyrrole nitrogens is 1. The average Bonchev–Trinajstić information content (AvgIpc) is 3.43. The predicted molar refractivity (Wildman–Crippen MR) is 122 cm³/mol. The molecule has 0 amide bonds. The summed E-state index contributed by atoms with van der Waals surface area (Å²) in [4.78, 5) is 12.9. The fraction of sp³-hybridized carbons (Fsp3) is 0.333. The van der Waals surface area contributed by atoms with E-state index in [1.54, 1.807) is 4.57 Å². The lowest BCUT2D eigenvalue weighted by molar-refractivity contribution is 0.473. The van der Waals surface area contributed by atoms with Gasteiger partial charge in [0.15, 0.2) is 0 Å². The van der Waals surface area contributed by atoms with E-state index in [2.05, 4.69) is 27.5 Å². The van der Waals surface area contributed by atoms with Crippen molar-refractivity contribution in [1.29, 1.82) is 0 Å². The summed E-state index contributed by atoms with van der Waals surface area (Å²) in [5.41, 5.74) is 4.03. The number of rotatable bonds is 9. The molecule has 0 atom stereocenters. The van der Waals surface area contributed by atoms with Crippen LogP contribution in [0.4, 0.5) is 4.39 Å². The van der Waals surface area contributed by atoms with E-state index < -0.39 is 5.95 Å². The zero-order valence-corrected chi connectivity index (χ0v) is 18.4. The summed E-state index contributed by atoms with van der Waals surface area (Å²) in [6.07, 6.45) is 3.06. The molecule has 166 valence electrons. The van der Waals surface area contributed by atoms with Crippen molar-refractivity contribution in [3.63, 3.8) is 0 Å². The van der Waals surface area contributed by atoms with Gasteiger partial charge in [0.25, 0.3) is 0 Å². The number of halogens is 1. The first-order valence-corrected chi connectivity index (χ1v) is 11.0. The third-order valence-electron chi connectivity index (χ3n) is 5.60. The molecule has 0 unspecified atom stereocenters. The molecule has 0 fully saturated rings. The molecule has 0 spiro atoms. The standard InChI is InChI=1S/C24H27FN6O/c1-3-5-10-21-22(25)30(15-4-2)24(32)31(21)16-17-11-13-18(14-12-17)19-8-6-7-9-20(19)23-26-28-29-27-23/h6-9,11-14H,3-5,10,15-16H2,1-2H3,(H,26,27,28,29). The highest BCUT2D eigenvalue weighted by Gasteiger charge is 2.19. The molecule has 8 heteroatoms. The first-order chi connectivity index (χ1) is 15.6. The van der Waals surface area contributed by atoms with Crippen molar-refractivity contribution in [2.24, 2.45) is 0 Å². The Hall–Kier alpha value is -3.55. The van der Waals surface area contributed by atoms with Gasteiger partial charge in [-0.1, -0.05) is 68.8 Å². The predicted octanol–water partition coefficient (Wildman–Crippen LogP) is 4.44. The Balaban J connectivity index is 1.65. The molecule has 2 aromatic heterocycles. The number of hydrogen-bond acceptors (Lipinski definition) is 4. The van der Waals surface area contributed by atoms with Crippen LogP contribution in [0.2, 0.25) is 0 Å². The Labute approximate surface area is 185 Å². The van der Waals surface area contributed by atoms with Gasteiger partial charge in [-0.25, -0.2) is 4.79 Å². The molecular formula is C24H27FN6O. The smallest absolute Gasteiger partial charge is 0.289 e. The van der Waals surface area contributed by atoms with E-state index >= 15 is 0 Å². The molecule has 0 saturated carbocycles. The van der Waals surface area contributed by atoms with Gasteiger partial charge in [0.05, 0.1) is 12.2 Å². The fourth-order valence-corrected chi connectivity index (χ4v) is 3.95. The largest absolute Gasteiger partial charge is 0.330 e. The summed E-state index contributed by atoms with van der Waals surface area (Å²) in [7, 11) is 0. The summed E-state index contributed by atoms with van der Waals surface area (Å²) in [6, 6.07) is 15.8. The third-order valence-corrected chi connectivity index (χ3v) is 5.60. The Morgan fingerprint density at radius 1 is 0.969 bits per heavy atom. The van der Waals surface area contributed by atoms with Gasteiger partial charge in [-0.15, -0.1) is 10.2 Å². The van der Waals surface area contributed by atoms with Crippen LogP contribution in [-0.4, -0.2) is 29.8 Å². The molecule has 4 aromatic rings. The molecule has 2 heterocycles. The van der Waals surface area contributed by atoms with Crippen LogP contribution in [0.3, 0.4) is 0 Å². The summed E-state index contributed by atoms with van der Waals surface area (Å²) in [5, 5.41) is 14.3. The second-order valence-corrected chi connectivity index (χ2v) is 7.84. The van der Waals surface area contributed by atoms with E-state index in [0.29, 0.717) is 37.4 Å². The number of tetrazole rings is 1. The molecule has 0 aliphatic rings. The van der Waals surface area contributed by atoms with Gasteiger partial charge in [0.2, 0.25) is 11.8 Å². The topological polar surface area (TPSA) is 81.4 Å². The van der Waals surface area contributed by atoms with Crippen LogP contribution in [0.5, 0.6) is 0 Å². The summed E-state index contributed by atoms with van der Waals surface area (Å²) in [6.45, 7) is 4.75. The maximum Gasteiger partial charge on any atom is 0.330 e. The van der Waals surface area contributed by atoms with Crippen molar-refractivity contribution in [2.75, 3.05) is 0 Å². The van der Waals surface area contributed by atoms with E-state index in [-0.39, 0.29) is 5.69 Å². The number of hydrogen-bond donors (Lipinski definition) is 1. The summed E-state index contributed by atoms with van der Waals surface area (Å²) >= 11 is 0. The Bertz CT molecular complexity index is 1220. The van der Waals surface area contributed by atoms with E-state index in [9.17, 15) is 9.18 Å². The molecule has 7 nitrogen and oxygen atoms in total. The second-order valence-electron chi connectivity index (χ2n) is 7.84. The quantitative estimate of drug-likeness (QED) is 0.422. The van der Waals surface area contributed by atoms with Gasteiger partial charge in [-0.2, -0.15) is 9.60 Å². The lowest BCUT2D eigenvalue weighted by atomic mass is 9.98. The maximum absolute atomic E-state index is 15.0. The first-order valence-electron chi connectivity index (χ1n) is 11.0. The second kappa shape index (κ2) is 9.72. The highest BCUT2D eigenvalue weighted by molar-refractivity contribution is 5.80. The number of nitrogens with one attached hydrogen (secondary N) is 1. The third kappa shape index (κ3) is 4.26. The molecule has 0 aliphatic heterocycles. The van der Waals surface area contributed by atoms with Gasteiger partial charge in [-0.3, -0.25) is 9.13 Å². The first kappa shape index (κ1) is 21.7. The van der Waals surface area contributed by atoms with E-state index in [1.807, 2.05) is 55.5 Å². The number of nitrogens with zero attached hydrogens (tertiary/aromatic N) is 5. The van der Waals surface area contributed by atoms with Gasteiger partial charge < -0.3 is 0 Å². The van der Waals surface area contributed by atoms with Gasteiger partial charge in [0, 0.05) is 12.1 Å². The van der Waals surface area contributed by atoms with Crippen LogP contribution in [-0.2, 0) is 19.5 Å². The van der Waals surface area contributed by atoms with Crippen molar-refractivity contribution in [1.82, 2.24) is 29.8 Å². The normalized spacial score (nSPS) is 11.2. The SMILES string of the molecule is CCCCc1c(F)n(CCC)c(=O)n1Cc1ccc(-c2ccccc2-c2nn[nH]n2)cc1. The van der Waals surface area contributed by atoms with Crippen LogP contribution in [0, 0.1) is 5.95 Å². The monoisotopic (exact) mass is 434 g/mol. The molecule has 0 saturated heterocycles. The van der Waals surface area contributed by atoms with Gasteiger partial charge in [-0.05, 0) is 41.2 Å². The molecule has 32 heavy (non-hydrogen) atoms. The summed E-state index contributed by atoms with van der Waals surface area (Å²) in [5.74, 6) is 0.139. The molecule has 2 aromatic carbocycles. The zero-order valence-electron chi connectivity index (χ0n) is 18.4. The minimum Gasteiger partial charge on any atom is -0.289 e. The van der Waals surface area contributed by atoms with Crippen LogP contribution in [0.1, 0.15) is 44.4 Å². The van der Waals surface area contributed by atoms with Crippen molar-refractivity contribution < 1.29 is 4.39 Å². The average molecular weight is 435 g/mol. The van der Waals surface area contributed by atoms with E-state index in [1.165, 1.54) is 4.57 Å². The molecule has 4 rings (SSSR count). The lowest BCUT2D eigenvalue weighted by Crippen LogP contribution is -2.26. The summed E-state index contributed by atoms with van der Waals surface area (Å²) < 4.78 is 17.8. The van der Waals surface area contributed by atoms with Crippen LogP contribution >= 0.6 is 0 Å². The van der Waals surface area contributed by atoms with Crippen molar-refractivity contribution in [3.05, 3.63) is 76.2 Å². The van der Waals surface area contributed by atoms with Crippen molar-refractivity contribution in [2.45, 2.75) is 52.6 Å². The molecule has 1 N–H and O–H groups in total. The Morgan fingerprint density at radius 3 is 2.38 bits per heavy atom. The minimum atomic E-state index is -0.393. The Kier molecular flexibility index (Phi) is 6.58. The fourth-order valence-electron chi connectivity index (χ4n) is 3.95. The number of aromatic nitrogens is 6. The van der Waals surface area contributed by atoms with Crippen molar-refractivity contribution >= 4 is 0 Å². The molecular weight excluding hydrogens is 407 g/mol. The molecule has 0 bridgehead atoms. The van der Waals surface area contributed by atoms with Crippen LogP contribution in [0.25, 0.3) is 22.5 Å².